The quantitative estimate of drug-likeness (QED) is 0.469. The highest BCUT2D eigenvalue weighted by Crippen LogP contribution is 2.34. The highest BCUT2D eigenvalue weighted by molar-refractivity contribution is 5.59. The van der Waals surface area contributed by atoms with Crippen LogP contribution in [0.3, 0.4) is 0 Å². The summed E-state index contributed by atoms with van der Waals surface area (Å²) in [5, 5.41) is 20.4. The average Bonchev–Trinajstić information content (AvgIpc) is 2.93. The van der Waals surface area contributed by atoms with Gasteiger partial charge < -0.3 is 32.3 Å². The lowest BCUT2D eigenvalue weighted by Crippen LogP contribution is -2.50. The molecule has 0 saturated carbocycles. The molecule has 0 aromatic heterocycles. The number of rotatable bonds is 5. The lowest BCUT2D eigenvalue weighted by Gasteiger charge is -2.36. The molecule has 8 N–H and O–H groups in total. The number of nitrogens with zero attached hydrogens (tertiary/aromatic N) is 1. The molecule has 2 rings (SSSR count). The number of nitrogen functional groups attached to an aromatic ring is 1. The van der Waals surface area contributed by atoms with Crippen LogP contribution >= 0.6 is 0 Å². The number of benzene rings is 1. The van der Waals surface area contributed by atoms with E-state index in [0.29, 0.717) is 0 Å². The van der Waals surface area contributed by atoms with Crippen LogP contribution in [0.1, 0.15) is 18.4 Å². The first-order valence-electron chi connectivity index (χ1n) is 7.40. The third-order valence-electron chi connectivity index (χ3n) is 4.40. The summed E-state index contributed by atoms with van der Waals surface area (Å²) in [7, 11) is 0. The van der Waals surface area contributed by atoms with E-state index in [1.54, 1.807) is 0 Å². The van der Waals surface area contributed by atoms with Crippen molar-refractivity contribution in [1.82, 2.24) is 0 Å². The smallest absolute Gasteiger partial charge is 0.0865 e. The Morgan fingerprint density at radius 3 is 2.10 bits per heavy atom. The maximum Gasteiger partial charge on any atom is 0.0865 e. The van der Waals surface area contributed by atoms with Gasteiger partial charge in [-0.2, -0.15) is 0 Å². The highest BCUT2D eigenvalue weighted by Gasteiger charge is 2.40. The second-order valence-corrected chi connectivity index (χ2v) is 5.77. The minimum atomic E-state index is -0.627. The topological polar surface area (TPSA) is 122 Å². The number of nitrogens with two attached hydrogens (primary N) is 3. The molecule has 0 bridgehead atoms. The van der Waals surface area contributed by atoms with Gasteiger partial charge in [-0.15, -0.1) is 0 Å². The van der Waals surface area contributed by atoms with Gasteiger partial charge in [0.1, 0.15) is 0 Å². The molecule has 0 spiro atoms. The van der Waals surface area contributed by atoms with Crippen LogP contribution in [-0.2, 0) is 0 Å². The number of hydrogen-bond donors (Lipinski definition) is 5. The molecular formula is C15H26N4O2. The van der Waals surface area contributed by atoms with Crippen molar-refractivity contribution in [1.29, 1.82) is 0 Å². The Morgan fingerprint density at radius 2 is 1.67 bits per heavy atom. The third kappa shape index (κ3) is 3.13. The Balaban J connectivity index is 2.36. The van der Waals surface area contributed by atoms with Gasteiger partial charge in [-0.25, -0.2) is 0 Å². The summed E-state index contributed by atoms with van der Waals surface area (Å²) in [5.74, 6) is 0. The predicted molar refractivity (Wildman–Crippen MR) is 85.0 cm³/mol. The van der Waals surface area contributed by atoms with Crippen LogP contribution in [0, 0.1) is 6.92 Å². The largest absolute Gasteiger partial charge is 0.399 e. The van der Waals surface area contributed by atoms with E-state index in [1.807, 2.05) is 25.1 Å². The summed E-state index contributed by atoms with van der Waals surface area (Å²) in [6, 6.07) is 5.53. The minimum Gasteiger partial charge on any atom is -0.399 e. The normalized spacial score (nSPS) is 25.1. The van der Waals surface area contributed by atoms with Crippen LogP contribution in [-0.4, -0.2) is 47.6 Å². The van der Waals surface area contributed by atoms with Crippen molar-refractivity contribution >= 4 is 11.4 Å². The Bertz CT molecular complexity index is 465. The first-order valence-corrected chi connectivity index (χ1v) is 7.40. The van der Waals surface area contributed by atoms with Crippen LogP contribution in [0.2, 0.25) is 0 Å². The van der Waals surface area contributed by atoms with Crippen molar-refractivity contribution in [3.63, 3.8) is 0 Å². The second-order valence-electron chi connectivity index (χ2n) is 5.77. The van der Waals surface area contributed by atoms with Gasteiger partial charge in [-0.05, 0) is 43.5 Å². The third-order valence-corrected chi connectivity index (χ3v) is 4.40. The Labute approximate surface area is 125 Å². The molecule has 4 atom stereocenters. The molecule has 1 heterocycles. The molecule has 1 aliphatic heterocycles. The Morgan fingerprint density at radius 1 is 1.14 bits per heavy atom. The van der Waals surface area contributed by atoms with E-state index in [2.05, 4.69) is 4.90 Å². The molecular weight excluding hydrogens is 268 g/mol. The summed E-state index contributed by atoms with van der Waals surface area (Å²) in [6.07, 6.45) is 0.309. The van der Waals surface area contributed by atoms with E-state index >= 15 is 0 Å². The fourth-order valence-electron chi connectivity index (χ4n) is 3.14. The monoisotopic (exact) mass is 294 g/mol. The highest BCUT2D eigenvalue weighted by atomic mass is 16.3. The number of aliphatic hydroxyl groups excluding tert-OH is 2. The number of hydrogen-bond acceptors (Lipinski definition) is 6. The Hall–Kier alpha value is -1.34. The van der Waals surface area contributed by atoms with E-state index in [0.717, 1.165) is 29.8 Å². The molecule has 1 fully saturated rings. The molecule has 0 radical (unpaired) electrons. The zero-order chi connectivity index (χ0) is 15.6. The minimum absolute atomic E-state index is 0.107. The van der Waals surface area contributed by atoms with E-state index in [1.165, 1.54) is 0 Å². The zero-order valence-electron chi connectivity index (χ0n) is 12.4. The first-order chi connectivity index (χ1) is 9.99. The van der Waals surface area contributed by atoms with Gasteiger partial charge in [-0.1, -0.05) is 0 Å². The van der Waals surface area contributed by atoms with Crippen molar-refractivity contribution in [2.75, 3.05) is 23.7 Å². The van der Waals surface area contributed by atoms with Crippen molar-refractivity contribution < 1.29 is 10.2 Å². The van der Waals surface area contributed by atoms with E-state index < -0.39 is 12.2 Å². The SMILES string of the molecule is Cc1cc(N2C(C(O)CN)CCC2C(O)CN)ccc1N. The van der Waals surface area contributed by atoms with Gasteiger partial charge in [0.25, 0.3) is 0 Å². The van der Waals surface area contributed by atoms with Crippen molar-refractivity contribution in [3.05, 3.63) is 23.8 Å². The molecule has 1 aromatic carbocycles. The molecule has 6 nitrogen and oxygen atoms in total. The van der Waals surface area contributed by atoms with Gasteiger partial charge in [-0.3, -0.25) is 0 Å². The van der Waals surface area contributed by atoms with Gasteiger partial charge >= 0.3 is 0 Å². The molecule has 1 aromatic rings. The fourth-order valence-corrected chi connectivity index (χ4v) is 3.14. The molecule has 6 heteroatoms. The zero-order valence-corrected chi connectivity index (χ0v) is 12.4. The fraction of sp³-hybridized carbons (Fsp3) is 0.600. The van der Waals surface area contributed by atoms with E-state index in [-0.39, 0.29) is 25.2 Å². The van der Waals surface area contributed by atoms with Gasteiger partial charge in [0, 0.05) is 24.5 Å². The average molecular weight is 294 g/mol. The lowest BCUT2D eigenvalue weighted by molar-refractivity contribution is 0.135. The molecule has 0 aliphatic carbocycles. The number of anilines is 2. The maximum absolute atomic E-state index is 10.2. The van der Waals surface area contributed by atoms with Crippen LogP contribution < -0.4 is 22.1 Å². The second kappa shape index (κ2) is 6.62. The Kier molecular flexibility index (Phi) is 5.05. The van der Waals surface area contributed by atoms with E-state index in [4.69, 9.17) is 17.2 Å². The summed E-state index contributed by atoms with van der Waals surface area (Å²) >= 11 is 0. The van der Waals surface area contributed by atoms with Gasteiger partial charge in [0.15, 0.2) is 0 Å². The van der Waals surface area contributed by atoms with Crippen LogP contribution in [0.4, 0.5) is 11.4 Å². The molecule has 1 saturated heterocycles. The van der Waals surface area contributed by atoms with Crippen LogP contribution in [0.15, 0.2) is 18.2 Å². The standard InChI is InChI=1S/C15H26N4O2/c1-9-6-10(2-3-11(9)18)19-12(14(20)7-16)4-5-13(19)15(21)8-17/h2-3,6,12-15,20-21H,4-5,7-8,16-18H2,1H3. The summed E-state index contributed by atoms with van der Waals surface area (Å²) in [5.41, 5.74) is 19.7. The summed E-state index contributed by atoms with van der Waals surface area (Å²) < 4.78 is 0. The predicted octanol–water partition coefficient (Wildman–Crippen LogP) is -0.446. The first kappa shape index (κ1) is 16.0. The molecule has 0 amide bonds. The van der Waals surface area contributed by atoms with Gasteiger partial charge in [0.05, 0.1) is 24.3 Å². The van der Waals surface area contributed by atoms with Gasteiger partial charge in [0.2, 0.25) is 0 Å². The number of aliphatic hydroxyl groups is 2. The molecule has 21 heavy (non-hydrogen) atoms. The molecule has 118 valence electrons. The summed E-state index contributed by atoms with van der Waals surface area (Å²) in [6.45, 7) is 2.33. The van der Waals surface area contributed by atoms with Crippen LogP contribution in [0.5, 0.6) is 0 Å². The summed E-state index contributed by atoms with van der Waals surface area (Å²) in [4.78, 5) is 2.06. The molecule has 1 aliphatic rings. The van der Waals surface area contributed by atoms with Crippen molar-refractivity contribution in [2.45, 2.75) is 44.1 Å². The van der Waals surface area contributed by atoms with Crippen LogP contribution in [0.25, 0.3) is 0 Å². The van der Waals surface area contributed by atoms with Crippen molar-refractivity contribution in [2.24, 2.45) is 11.5 Å². The number of aryl methyl sites for hydroxylation is 1. The van der Waals surface area contributed by atoms with Crippen molar-refractivity contribution in [3.8, 4) is 0 Å². The maximum atomic E-state index is 10.2. The van der Waals surface area contributed by atoms with E-state index in [9.17, 15) is 10.2 Å². The molecule has 4 unspecified atom stereocenters. The lowest BCUT2D eigenvalue weighted by atomic mass is 10.1.